The van der Waals surface area contributed by atoms with Gasteiger partial charge < -0.3 is 10.2 Å². The highest BCUT2D eigenvalue weighted by atomic mass is 19.2. The van der Waals surface area contributed by atoms with Crippen molar-refractivity contribution in [2.45, 2.75) is 12.5 Å². The fourth-order valence-corrected chi connectivity index (χ4v) is 2.82. The van der Waals surface area contributed by atoms with E-state index in [4.69, 9.17) is 0 Å². The third-order valence-corrected chi connectivity index (χ3v) is 3.85. The maximum absolute atomic E-state index is 13.9. The summed E-state index contributed by atoms with van der Waals surface area (Å²) in [6.45, 7) is 2.13. The van der Waals surface area contributed by atoms with Crippen LogP contribution >= 0.6 is 0 Å². The Hall–Kier alpha value is -1.94. The molecule has 2 aromatic rings. The monoisotopic (exact) mass is 288 g/mol. The molecule has 2 nitrogen and oxygen atoms in total. The lowest BCUT2D eigenvalue weighted by molar-refractivity contribution is 0.444. The summed E-state index contributed by atoms with van der Waals surface area (Å²) in [6.07, 6.45) is 0.883. The summed E-state index contributed by atoms with van der Waals surface area (Å²) >= 11 is 0. The Labute approximate surface area is 123 Å². The van der Waals surface area contributed by atoms with Gasteiger partial charge in [-0.05, 0) is 24.1 Å². The molecule has 0 saturated carbocycles. The molecule has 110 valence electrons. The van der Waals surface area contributed by atoms with E-state index in [0.717, 1.165) is 19.0 Å². The molecule has 2 aromatic carbocycles. The average Bonchev–Trinajstić information content (AvgIpc) is 2.51. The van der Waals surface area contributed by atoms with Gasteiger partial charge in [0.05, 0.1) is 5.69 Å². The van der Waals surface area contributed by atoms with Crippen LogP contribution in [0.25, 0.3) is 0 Å². The largest absolute Gasteiger partial charge is 0.366 e. The first-order valence-electron chi connectivity index (χ1n) is 7.20. The molecule has 0 spiro atoms. The lowest BCUT2D eigenvalue weighted by Crippen LogP contribution is -2.52. The van der Waals surface area contributed by atoms with Crippen LogP contribution in [0.15, 0.2) is 48.5 Å². The van der Waals surface area contributed by atoms with Gasteiger partial charge in [0, 0.05) is 25.7 Å². The SMILES string of the molecule is Fc1cccc(N2CCNC(Cc3ccccc3)C2)c1F. The number of hydrogen-bond donors (Lipinski definition) is 1. The Kier molecular flexibility index (Phi) is 4.15. The Morgan fingerprint density at radius 3 is 2.67 bits per heavy atom. The lowest BCUT2D eigenvalue weighted by Gasteiger charge is -2.35. The minimum absolute atomic E-state index is 0.240. The molecular weight excluding hydrogens is 270 g/mol. The minimum Gasteiger partial charge on any atom is -0.366 e. The van der Waals surface area contributed by atoms with Gasteiger partial charge in [-0.15, -0.1) is 0 Å². The Bertz CT molecular complexity index is 601. The Balaban J connectivity index is 1.72. The first-order chi connectivity index (χ1) is 10.2. The van der Waals surface area contributed by atoms with E-state index in [1.54, 1.807) is 12.1 Å². The van der Waals surface area contributed by atoms with Crippen LogP contribution in [0.2, 0.25) is 0 Å². The van der Waals surface area contributed by atoms with Crippen molar-refractivity contribution in [1.82, 2.24) is 5.32 Å². The molecule has 3 rings (SSSR count). The number of anilines is 1. The van der Waals surface area contributed by atoms with Crippen molar-refractivity contribution in [3.8, 4) is 0 Å². The van der Waals surface area contributed by atoms with Crippen LogP contribution in [0.5, 0.6) is 0 Å². The number of benzene rings is 2. The van der Waals surface area contributed by atoms with E-state index in [1.165, 1.54) is 5.56 Å². The van der Waals surface area contributed by atoms with Gasteiger partial charge in [-0.1, -0.05) is 36.4 Å². The molecule has 1 N–H and O–H groups in total. The normalized spacial score (nSPS) is 18.8. The fraction of sp³-hybridized carbons (Fsp3) is 0.294. The van der Waals surface area contributed by atoms with Gasteiger partial charge in [0.2, 0.25) is 0 Å². The predicted molar refractivity (Wildman–Crippen MR) is 80.5 cm³/mol. The summed E-state index contributed by atoms with van der Waals surface area (Å²) in [5.41, 5.74) is 1.60. The first kappa shape index (κ1) is 14.0. The van der Waals surface area contributed by atoms with E-state index in [0.29, 0.717) is 18.8 Å². The van der Waals surface area contributed by atoms with Crippen LogP contribution in [0.3, 0.4) is 0 Å². The van der Waals surface area contributed by atoms with E-state index >= 15 is 0 Å². The number of nitrogens with zero attached hydrogens (tertiary/aromatic N) is 1. The van der Waals surface area contributed by atoms with E-state index < -0.39 is 11.6 Å². The molecule has 1 unspecified atom stereocenters. The maximum atomic E-state index is 13.9. The molecule has 0 radical (unpaired) electrons. The zero-order chi connectivity index (χ0) is 14.7. The van der Waals surface area contributed by atoms with Gasteiger partial charge >= 0.3 is 0 Å². The number of nitrogens with one attached hydrogen (secondary N) is 1. The number of halogens is 2. The Morgan fingerprint density at radius 2 is 1.86 bits per heavy atom. The fourth-order valence-electron chi connectivity index (χ4n) is 2.82. The summed E-state index contributed by atoms with van der Waals surface area (Å²) in [5.74, 6) is -1.54. The molecule has 21 heavy (non-hydrogen) atoms. The van der Waals surface area contributed by atoms with Gasteiger partial charge in [0.25, 0.3) is 0 Å². The van der Waals surface area contributed by atoms with Crippen LogP contribution < -0.4 is 10.2 Å². The van der Waals surface area contributed by atoms with Crippen molar-refractivity contribution < 1.29 is 8.78 Å². The van der Waals surface area contributed by atoms with Crippen LogP contribution in [0.4, 0.5) is 14.5 Å². The molecular formula is C17H18F2N2. The molecule has 1 aliphatic rings. The second kappa shape index (κ2) is 6.22. The molecule has 0 aromatic heterocycles. The third kappa shape index (κ3) is 3.22. The highest BCUT2D eigenvalue weighted by Gasteiger charge is 2.22. The van der Waals surface area contributed by atoms with E-state index in [-0.39, 0.29) is 6.04 Å². The van der Waals surface area contributed by atoms with Gasteiger partial charge in [-0.25, -0.2) is 8.78 Å². The van der Waals surface area contributed by atoms with Crippen molar-refractivity contribution in [3.05, 3.63) is 65.7 Å². The van der Waals surface area contributed by atoms with Gasteiger partial charge in [-0.2, -0.15) is 0 Å². The molecule has 4 heteroatoms. The third-order valence-electron chi connectivity index (χ3n) is 3.85. The first-order valence-corrected chi connectivity index (χ1v) is 7.20. The van der Waals surface area contributed by atoms with Crippen LogP contribution in [-0.2, 0) is 6.42 Å². The van der Waals surface area contributed by atoms with Crippen molar-refractivity contribution in [2.24, 2.45) is 0 Å². The van der Waals surface area contributed by atoms with Gasteiger partial charge in [0.15, 0.2) is 11.6 Å². The summed E-state index contributed by atoms with van der Waals surface area (Å²) in [5, 5.41) is 3.44. The quantitative estimate of drug-likeness (QED) is 0.934. The standard InChI is InChI=1S/C17H18F2N2/c18-15-7-4-8-16(17(15)19)21-10-9-20-14(12-21)11-13-5-2-1-3-6-13/h1-8,14,20H,9-12H2. The second-order valence-electron chi connectivity index (χ2n) is 5.36. The maximum Gasteiger partial charge on any atom is 0.182 e. The second-order valence-corrected chi connectivity index (χ2v) is 5.36. The molecule has 1 saturated heterocycles. The van der Waals surface area contributed by atoms with Crippen molar-refractivity contribution >= 4 is 5.69 Å². The number of rotatable bonds is 3. The predicted octanol–water partition coefficient (Wildman–Crippen LogP) is 2.99. The van der Waals surface area contributed by atoms with E-state index in [1.807, 2.05) is 23.1 Å². The summed E-state index contributed by atoms with van der Waals surface area (Å²) in [7, 11) is 0. The molecule has 1 atom stereocenters. The van der Waals surface area contributed by atoms with E-state index in [2.05, 4.69) is 17.4 Å². The number of piperazine rings is 1. The summed E-state index contributed by atoms with van der Waals surface area (Å²) in [4.78, 5) is 1.92. The van der Waals surface area contributed by atoms with Crippen molar-refractivity contribution in [2.75, 3.05) is 24.5 Å². The van der Waals surface area contributed by atoms with E-state index in [9.17, 15) is 8.78 Å². The zero-order valence-electron chi connectivity index (χ0n) is 11.7. The van der Waals surface area contributed by atoms with Gasteiger partial charge in [0.1, 0.15) is 0 Å². The zero-order valence-corrected chi connectivity index (χ0v) is 11.7. The highest BCUT2D eigenvalue weighted by Crippen LogP contribution is 2.23. The van der Waals surface area contributed by atoms with Crippen molar-refractivity contribution in [1.29, 1.82) is 0 Å². The lowest BCUT2D eigenvalue weighted by atomic mass is 10.0. The van der Waals surface area contributed by atoms with Crippen LogP contribution in [0.1, 0.15) is 5.56 Å². The molecule has 0 aliphatic carbocycles. The average molecular weight is 288 g/mol. The highest BCUT2D eigenvalue weighted by molar-refractivity contribution is 5.48. The molecule has 1 fully saturated rings. The van der Waals surface area contributed by atoms with Crippen LogP contribution in [-0.4, -0.2) is 25.7 Å². The minimum atomic E-state index is -0.786. The molecule has 0 amide bonds. The molecule has 1 heterocycles. The molecule has 1 aliphatic heterocycles. The topological polar surface area (TPSA) is 15.3 Å². The Morgan fingerprint density at radius 1 is 1.05 bits per heavy atom. The smallest absolute Gasteiger partial charge is 0.182 e. The van der Waals surface area contributed by atoms with Gasteiger partial charge in [-0.3, -0.25) is 0 Å². The summed E-state index contributed by atoms with van der Waals surface area (Å²) < 4.78 is 27.3. The summed E-state index contributed by atoms with van der Waals surface area (Å²) in [6, 6.07) is 14.8. The van der Waals surface area contributed by atoms with Crippen LogP contribution in [0, 0.1) is 11.6 Å². The number of hydrogen-bond acceptors (Lipinski definition) is 2. The molecule has 0 bridgehead atoms. The van der Waals surface area contributed by atoms with Crippen molar-refractivity contribution in [3.63, 3.8) is 0 Å².